The van der Waals surface area contributed by atoms with Crippen molar-refractivity contribution in [2.24, 2.45) is 11.8 Å². The fraction of sp³-hybridized carbons (Fsp3) is 0.909. The van der Waals surface area contributed by atoms with E-state index < -0.39 is 0 Å². The molecule has 0 aromatic carbocycles. The zero-order chi connectivity index (χ0) is 9.59. The largest absolute Gasteiger partial charge is 0.337 e. The standard InChI is InChI=1S/C11H19NO/c1-7(2)4-11(13)12-8(3)5-9-6-10(9)12/h7-10H,4-6H2,1-3H3. The highest BCUT2D eigenvalue weighted by Crippen LogP contribution is 2.47. The number of rotatable bonds is 2. The molecule has 13 heavy (non-hydrogen) atoms. The topological polar surface area (TPSA) is 20.3 Å². The Hall–Kier alpha value is -0.530. The minimum absolute atomic E-state index is 0.382. The minimum Gasteiger partial charge on any atom is -0.337 e. The Balaban J connectivity index is 1.95. The number of fused-ring (bicyclic) bond motifs is 1. The number of hydrogen-bond donors (Lipinski definition) is 0. The van der Waals surface area contributed by atoms with Gasteiger partial charge >= 0.3 is 0 Å². The van der Waals surface area contributed by atoms with Gasteiger partial charge in [0.05, 0.1) is 0 Å². The molecule has 1 aliphatic carbocycles. The molecule has 0 aromatic heterocycles. The van der Waals surface area contributed by atoms with Crippen LogP contribution in [-0.2, 0) is 4.79 Å². The Morgan fingerprint density at radius 3 is 2.62 bits per heavy atom. The minimum atomic E-state index is 0.382. The van der Waals surface area contributed by atoms with E-state index in [2.05, 4.69) is 25.7 Å². The molecule has 0 N–H and O–H groups in total. The Labute approximate surface area is 80.3 Å². The third kappa shape index (κ3) is 1.59. The smallest absolute Gasteiger partial charge is 0.223 e. The van der Waals surface area contributed by atoms with Crippen LogP contribution in [0.15, 0.2) is 0 Å². The van der Waals surface area contributed by atoms with Crippen LogP contribution >= 0.6 is 0 Å². The molecule has 3 atom stereocenters. The maximum Gasteiger partial charge on any atom is 0.223 e. The average molecular weight is 181 g/mol. The lowest BCUT2D eigenvalue weighted by Crippen LogP contribution is -2.37. The van der Waals surface area contributed by atoms with Crippen molar-refractivity contribution >= 4 is 5.91 Å². The Morgan fingerprint density at radius 2 is 2.15 bits per heavy atom. The van der Waals surface area contributed by atoms with Crippen molar-refractivity contribution in [2.75, 3.05) is 0 Å². The second-order valence-electron chi connectivity index (χ2n) is 5.05. The highest BCUT2D eigenvalue weighted by Gasteiger charge is 2.51. The summed E-state index contributed by atoms with van der Waals surface area (Å²) in [7, 11) is 0. The van der Waals surface area contributed by atoms with Crippen molar-refractivity contribution in [2.45, 2.75) is 52.1 Å². The predicted octanol–water partition coefficient (Wildman–Crippen LogP) is 2.04. The lowest BCUT2D eigenvalue weighted by atomic mass is 10.1. The summed E-state index contributed by atoms with van der Waals surface area (Å²) in [6, 6.07) is 1.14. The van der Waals surface area contributed by atoms with Crippen LogP contribution in [0.3, 0.4) is 0 Å². The molecular formula is C11H19NO. The van der Waals surface area contributed by atoms with Gasteiger partial charge in [-0.3, -0.25) is 4.79 Å². The molecule has 1 heterocycles. The molecule has 0 aromatic rings. The van der Waals surface area contributed by atoms with Crippen LogP contribution in [-0.4, -0.2) is 22.9 Å². The second kappa shape index (κ2) is 3.00. The summed E-state index contributed by atoms with van der Waals surface area (Å²) in [6.07, 6.45) is 3.25. The maximum absolute atomic E-state index is 11.8. The van der Waals surface area contributed by atoms with Gasteiger partial charge in [-0.1, -0.05) is 13.8 Å². The third-order valence-electron chi connectivity index (χ3n) is 3.23. The fourth-order valence-corrected chi connectivity index (χ4v) is 2.59. The number of nitrogens with zero attached hydrogens (tertiary/aromatic N) is 1. The van der Waals surface area contributed by atoms with Crippen molar-refractivity contribution in [3.05, 3.63) is 0 Å². The zero-order valence-corrected chi connectivity index (χ0v) is 8.79. The molecule has 1 amide bonds. The van der Waals surface area contributed by atoms with E-state index >= 15 is 0 Å². The third-order valence-corrected chi connectivity index (χ3v) is 3.23. The molecular weight excluding hydrogens is 162 g/mol. The summed E-state index contributed by atoms with van der Waals surface area (Å²) in [4.78, 5) is 14.0. The number of carbonyl (C=O) groups excluding carboxylic acids is 1. The average Bonchev–Trinajstić information content (AvgIpc) is 2.60. The molecule has 1 saturated carbocycles. The lowest BCUT2D eigenvalue weighted by molar-refractivity contribution is -0.133. The first-order valence-corrected chi connectivity index (χ1v) is 5.40. The van der Waals surface area contributed by atoms with Crippen LogP contribution in [0.1, 0.15) is 40.0 Å². The van der Waals surface area contributed by atoms with Gasteiger partial charge in [0.15, 0.2) is 0 Å². The van der Waals surface area contributed by atoms with Gasteiger partial charge in [-0.25, -0.2) is 0 Å². The van der Waals surface area contributed by atoms with Gasteiger partial charge in [-0.15, -0.1) is 0 Å². The summed E-state index contributed by atoms with van der Waals surface area (Å²) < 4.78 is 0. The molecule has 2 rings (SSSR count). The zero-order valence-electron chi connectivity index (χ0n) is 8.79. The van der Waals surface area contributed by atoms with E-state index in [0.717, 1.165) is 12.3 Å². The van der Waals surface area contributed by atoms with E-state index in [9.17, 15) is 4.79 Å². The van der Waals surface area contributed by atoms with Crippen molar-refractivity contribution in [3.63, 3.8) is 0 Å². The Kier molecular flexibility index (Phi) is 2.09. The summed E-state index contributed by atoms with van der Waals surface area (Å²) >= 11 is 0. The molecule has 0 spiro atoms. The van der Waals surface area contributed by atoms with Crippen LogP contribution in [0.5, 0.6) is 0 Å². The van der Waals surface area contributed by atoms with Crippen molar-refractivity contribution in [1.82, 2.24) is 4.90 Å². The first-order valence-electron chi connectivity index (χ1n) is 5.40. The predicted molar refractivity (Wildman–Crippen MR) is 52.3 cm³/mol. The molecule has 0 bridgehead atoms. The first-order chi connectivity index (χ1) is 6.09. The molecule has 1 saturated heterocycles. The molecule has 74 valence electrons. The van der Waals surface area contributed by atoms with Gasteiger partial charge in [-0.2, -0.15) is 0 Å². The maximum atomic E-state index is 11.8. The highest BCUT2D eigenvalue weighted by atomic mass is 16.2. The summed E-state index contributed by atoms with van der Waals surface area (Å²) in [5.74, 6) is 1.73. The van der Waals surface area contributed by atoms with Gasteiger partial charge in [0.1, 0.15) is 0 Å². The van der Waals surface area contributed by atoms with Crippen molar-refractivity contribution in [3.8, 4) is 0 Å². The van der Waals surface area contributed by atoms with Crippen LogP contribution < -0.4 is 0 Å². The quantitative estimate of drug-likeness (QED) is 0.638. The van der Waals surface area contributed by atoms with E-state index in [-0.39, 0.29) is 0 Å². The van der Waals surface area contributed by atoms with Gasteiger partial charge in [-0.05, 0) is 31.6 Å². The van der Waals surface area contributed by atoms with Gasteiger partial charge in [0.25, 0.3) is 0 Å². The molecule has 2 nitrogen and oxygen atoms in total. The fourth-order valence-electron chi connectivity index (χ4n) is 2.59. The van der Waals surface area contributed by atoms with E-state index in [1.165, 1.54) is 12.8 Å². The summed E-state index contributed by atoms with van der Waals surface area (Å²) in [5, 5.41) is 0. The van der Waals surface area contributed by atoms with E-state index in [0.29, 0.717) is 23.9 Å². The number of hydrogen-bond acceptors (Lipinski definition) is 1. The monoisotopic (exact) mass is 181 g/mol. The second-order valence-corrected chi connectivity index (χ2v) is 5.05. The first kappa shape index (κ1) is 9.04. The van der Waals surface area contributed by atoms with Crippen LogP contribution in [0.25, 0.3) is 0 Å². The van der Waals surface area contributed by atoms with Crippen LogP contribution in [0.2, 0.25) is 0 Å². The number of amides is 1. The van der Waals surface area contributed by atoms with Crippen LogP contribution in [0, 0.1) is 11.8 Å². The summed E-state index contributed by atoms with van der Waals surface area (Å²) in [6.45, 7) is 6.41. The van der Waals surface area contributed by atoms with Gasteiger partial charge in [0.2, 0.25) is 5.91 Å². The summed E-state index contributed by atoms with van der Waals surface area (Å²) in [5.41, 5.74) is 0. The normalized spacial score (nSPS) is 36.6. The van der Waals surface area contributed by atoms with Gasteiger partial charge < -0.3 is 4.90 Å². The molecule has 1 aliphatic heterocycles. The Morgan fingerprint density at radius 1 is 1.46 bits per heavy atom. The highest BCUT2D eigenvalue weighted by molar-refractivity contribution is 5.78. The van der Waals surface area contributed by atoms with E-state index in [1.807, 2.05) is 0 Å². The SMILES string of the molecule is CC(C)CC(=O)N1C(C)CC2CC21. The number of carbonyl (C=O) groups is 1. The van der Waals surface area contributed by atoms with Gasteiger partial charge in [0, 0.05) is 18.5 Å². The molecule has 0 radical (unpaired) electrons. The Bertz CT molecular complexity index is 222. The molecule has 3 unspecified atom stereocenters. The lowest BCUT2D eigenvalue weighted by Gasteiger charge is -2.25. The number of likely N-dealkylation sites (tertiary alicyclic amines) is 1. The molecule has 2 aliphatic rings. The van der Waals surface area contributed by atoms with Crippen molar-refractivity contribution in [1.29, 1.82) is 0 Å². The van der Waals surface area contributed by atoms with E-state index in [1.54, 1.807) is 0 Å². The molecule has 2 heteroatoms. The van der Waals surface area contributed by atoms with Crippen LogP contribution in [0.4, 0.5) is 0 Å². The number of piperidine rings is 1. The molecule has 2 fully saturated rings. The van der Waals surface area contributed by atoms with E-state index in [4.69, 9.17) is 0 Å². The van der Waals surface area contributed by atoms with Crippen molar-refractivity contribution < 1.29 is 4.79 Å².